The topological polar surface area (TPSA) is 76.0 Å². The van der Waals surface area contributed by atoms with E-state index in [9.17, 15) is 9.59 Å². The summed E-state index contributed by atoms with van der Waals surface area (Å²) in [4.78, 5) is 21.6. The normalized spacial score (nSPS) is 19.2. The Morgan fingerprint density at radius 3 is 2.54 bits per heavy atom. The lowest BCUT2D eigenvalue weighted by atomic mass is 9.88. The van der Waals surface area contributed by atoms with E-state index in [1.165, 1.54) is 0 Å². The minimum atomic E-state index is -0.521. The highest BCUT2D eigenvalue weighted by atomic mass is 16.4. The van der Waals surface area contributed by atoms with Gasteiger partial charge in [-0.05, 0) is 12.8 Å². The van der Waals surface area contributed by atoms with Crippen LogP contribution in [-0.2, 0) is 4.79 Å². The van der Waals surface area contributed by atoms with Crippen molar-refractivity contribution in [1.29, 1.82) is 0 Å². The zero-order valence-electron chi connectivity index (χ0n) is 7.08. The van der Waals surface area contributed by atoms with Crippen LogP contribution in [0.15, 0.2) is 9.21 Å². The molecule has 0 atom stereocenters. The molecule has 1 aromatic rings. The Balaban J connectivity index is 2.10. The van der Waals surface area contributed by atoms with E-state index in [1.54, 1.807) is 0 Å². The molecule has 0 aromatic carbocycles. The zero-order valence-corrected chi connectivity index (χ0v) is 7.08. The van der Waals surface area contributed by atoms with Gasteiger partial charge in [-0.15, -0.1) is 5.10 Å². The summed E-state index contributed by atoms with van der Waals surface area (Å²) in [5.41, 5.74) is 0. The van der Waals surface area contributed by atoms with Gasteiger partial charge in [0.15, 0.2) is 0 Å². The average molecular weight is 182 g/mol. The predicted molar refractivity (Wildman–Crippen MR) is 43.3 cm³/mol. The number of nitrogens with one attached hydrogen (secondary N) is 1. The molecule has 0 spiro atoms. The third-order valence-corrected chi connectivity index (χ3v) is 2.35. The molecule has 5 nitrogen and oxygen atoms in total. The molecule has 0 amide bonds. The van der Waals surface area contributed by atoms with Crippen LogP contribution in [0.3, 0.4) is 0 Å². The van der Waals surface area contributed by atoms with Crippen molar-refractivity contribution >= 4 is 5.78 Å². The Morgan fingerprint density at radius 2 is 2.00 bits per heavy atom. The van der Waals surface area contributed by atoms with Crippen LogP contribution in [0.2, 0.25) is 0 Å². The lowest BCUT2D eigenvalue weighted by molar-refractivity contribution is -0.120. The number of H-pyrrole nitrogens is 1. The Bertz CT molecular complexity index is 355. The summed E-state index contributed by atoms with van der Waals surface area (Å²) in [5.74, 6) is 0.343. The zero-order chi connectivity index (χ0) is 9.26. The third-order valence-electron chi connectivity index (χ3n) is 2.35. The molecule has 1 fully saturated rings. The van der Waals surface area contributed by atoms with Gasteiger partial charge in [-0.3, -0.25) is 4.79 Å². The molecule has 1 aliphatic carbocycles. The summed E-state index contributed by atoms with van der Waals surface area (Å²) in [7, 11) is 0. The monoisotopic (exact) mass is 182 g/mol. The van der Waals surface area contributed by atoms with E-state index < -0.39 is 5.76 Å². The highest BCUT2D eigenvalue weighted by Gasteiger charge is 2.23. The number of Topliss-reactive ketones (excluding diaryl/α,β-unsaturated/α-hetero) is 1. The summed E-state index contributed by atoms with van der Waals surface area (Å²) in [6.07, 6.45) is 2.63. The largest absolute Gasteiger partial charge is 0.434 e. The van der Waals surface area contributed by atoms with Crippen LogP contribution >= 0.6 is 0 Å². The predicted octanol–water partition coefficient (Wildman–Crippen LogP) is 0.590. The standard InChI is InChI=1S/C8H10N2O3/c11-6-3-1-5(2-4-6)7-9-10-8(12)13-7/h5H,1-4H2,(H,10,12). The maximum Gasteiger partial charge on any atom is 0.434 e. The Kier molecular flexibility index (Phi) is 2.00. The van der Waals surface area contributed by atoms with Crippen LogP contribution in [0.4, 0.5) is 0 Å². The fourth-order valence-corrected chi connectivity index (χ4v) is 1.60. The van der Waals surface area contributed by atoms with E-state index in [1.807, 2.05) is 0 Å². The summed E-state index contributed by atoms with van der Waals surface area (Å²) in [5, 5.41) is 5.97. The number of carbonyl (C=O) groups excluding carboxylic acids is 1. The van der Waals surface area contributed by atoms with Crippen LogP contribution in [0.25, 0.3) is 0 Å². The van der Waals surface area contributed by atoms with Gasteiger partial charge < -0.3 is 4.42 Å². The van der Waals surface area contributed by atoms with Crippen LogP contribution in [-0.4, -0.2) is 16.0 Å². The van der Waals surface area contributed by atoms with E-state index in [4.69, 9.17) is 4.42 Å². The molecule has 13 heavy (non-hydrogen) atoms. The molecule has 5 heteroatoms. The van der Waals surface area contributed by atoms with E-state index in [0.29, 0.717) is 18.7 Å². The molecule has 1 aromatic heterocycles. The number of ketones is 1. The Morgan fingerprint density at radius 1 is 1.31 bits per heavy atom. The molecule has 0 aliphatic heterocycles. The molecule has 0 radical (unpaired) electrons. The highest BCUT2D eigenvalue weighted by Crippen LogP contribution is 2.28. The first-order chi connectivity index (χ1) is 6.25. The second-order valence-electron chi connectivity index (χ2n) is 3.26. The maximum atomic E-state index is 10.9. The molecule has 2 rings (SSSR count). The van der Waals surface area contributed by atoms with Gasteiger partial charge in [0.1, 0.15) is 5.78 Å². The van der Waals surface area contributed by atoms with Crippen LogP contribution in [0.5, 0.6) is 0 Å². The van der Waals surface area contributed by atoms with Gasteiger partial charge in [-0.1, -0.05) is 0 Å². The van der Waals surface area contributed by atoms with Gasteiger partial charge in [-0.25, -0.2) is 9.89 Å². The summed E-state index contributed by atoms with van der Waals surface area (Å²) >= 11 is 0. The Labute approximate surface area is 74.1 Å². The van der Waals surface area contributed by atoms with E-state index in [-0.39, 0.29) is 11.7 Å². The number of hydrogen-bond acceptors (Lipinski definition) is 4. The van der Waals surface area contributed by atoms with Crippen LogP contribution in [0, 0.1) is 0 Å². The van der Waals surface area contributed by atoms with Gasteiger partial charge in [0, 0.05) is 18.8 Å². The molecule has 0 saturated heterocycles. The number of carbonyl (C=O) groups is 1. The summed E-state index contributed by atoms with van der Waals surface area (Å²) in [6, 6.07) is 0. The quantitative estimate of drug-likeness (QED) is 0.689. The molecule has 0 unspecified atom stereocenters. The van der Waals surface area contributed by atoms with Gasteiger partial charge in [0.25, 0.3) is 0 Å². The van der Waals surface area contributed by atoms with Crippen molar-refractivity contribution in [3.63, 3.8) is 0 Å². The number of rotatable bonds is 1. The molecule has 1 saturated carbocycles. The molecular weight excluding hydrogens is 172 g/mol. The highest BCUT2D eigenvalue weighted by molar-refractivity contribution is 5.79. The molecule has 1 aliphatic rings. The first-order valence-corrected chi connectivity index (χ1v) is 4.33. The number of aromatic nitrogens is 2. The van der Waals surface area contributed by atoms with Gasteiger partial charge in [0.2, 0.25) is 5.89 Å². The molecule has 0 bridgehead atoms. The van der Waals surface area contributed by atoms with Crippen LogP contribution in [0.1, 0.15) is 37.5 Å². The first-order valence-electron chi connectivity index (χ1n) is 4.33. The number of aromatic amines is 1. The number of hydrogen-bond donors (Lipinski definition) is 1. The first kappa shape index (κ1) is 8.22. The molecule has 1 N–H and O–H groups in total. The minimum absolute atomic E-state index is 0.136. The van der Waals surface area contributed by atoms with Crippen molar-refractivity contribution in [3.8, 4) is 0 Å². The second-order valence-corrected chi connectivity index (χ2v) is 3.26. The van der Waals surface area contributed by atoms with Gasteiger partial charge in [-0.2, -0.15) is 0 Å². The van der Waals surface area contributed by atoms with E-state index in [2.05, 4.69) is 10.2 Å². The van der Waals surface area contributed by atoms with E-state index >= 15 is 0 Å². The molecule has 1 heterocycles. The SMILES string of the molecule is O=C1CCC(c2n[nH]c(=O)o2)CC1. The van der Waals surface area contributed by atoms with Crippen molar-refractivity contribution in [2.24, 2.45) is 0 Å². The van der Waals surface area contributed by atoms with Crippen molar-refractivity contribution in [2.45, 2.75) is 31.6 Å². The van der Waals surface area contributed by atoms with Gasteiger partial charge >= 0.3 is 5.76 Å². The minimum Gasteiger partial charge on any atom is -0.392 e. The lowest BCUT2D eigenvalue weighted by Crippen LogP contribution is -2.12. The third kappa shape index (κ3) is 1.68. The van der Waals surface area contributed by atoms with Crippen molar-refractivity contribution in [2.75, 3.05) is 0 Å². The molecule has 70 valence electrons. The summed E-state index contributed by atoms with van der Waals surface area (Å²) in [6.45, 7) is 0. The number of nitrogens with zero attached hydrogens (tertiary/aromatic N) is 1. The smallest absolute Gasteiger partial charge is 0.392 e. The van der Waals surface area contributed by atoms with Crippen molar-refractivity contribution < 1.29 is 9.21 Å². The van der Waals surface area contributed by atoms with Crippen molar-refractivity contribution in [3.05, 3.63) is 16.4 Å². The second kappa shape index (κ2) is 3.16. The van der Waals surface area contributed by atoms with Crippen LogP contribution < -0.4 is 5.76 Å². The van der Waals surface area contributed by atoms with Crippen molar-refractivity contribution in [1.82, 2.24) is 10.2 Å². The lowest BCUT2D eigenvalue weighted by Gasteiger charge is -2.16. The fourth-order valence-electron chi connectivity index (χ4n) is 1.60. The fraction of sp³-hybridized carbons (Fsp3) is 0.625. The average Bonchev–Trinajstić information content (AvgIpc) is 2.53. The van der Waals surface area contributed by atoms with Gasteiger partial charge in [0.05, 0.1) is 0 Å². The maximum absolute atomic E-state index is 10.9. The molecular formula is C8H10N2O3. The summed E-state index contributed by atoms with van der Waals surface area (Å²) < 4.78 is 4.82. The van der Waals surface area contributed by atoms with E-state index in [0.717, 1.165) is 12.8 Å². The Hall–Kier alpha value is -1.39.